The van der Waals surface area contributed by atoms with Crippen LogP contribution in [0.4, 0.5) is 0 Å². The van der Waals surface area contributed by atoms with Crippen molar-refractivity contribution >= 4 is 11.6 Å². The van der Waals surface area contributed by atoms with Gasteiger partial charge in [0.15, 0.2) is 11.9 Å². The highest BCUT2D eigenvalue weighted by molar-refractivity contribution is 5.85. The predicted molar refractivity (Wildman–Crippen MR) is 90.9 cm³/mol. The summed E-state index contributed by atoms with van der Waals surface area (Å²) in [5.41, 5.74) is -0.0976. The molecule has 1 heterocycles. The van der Waals surface area contributed by atoms with Crippen LogP contribution in [0, 0.1) is 10.8 Å². The van der Waals surface area contributed by atoms with Gasteiger partial charge in [-0.2, -0.15) is 0 Å². The Balaban J connectivity index is 2.30. The van der Waals surface area contributed by atoms with Crippen LogP contribution >= 0.6 is 0 Å². The SMILES string of the molecule is C=C1OCC(C)(C)C(C(=O)CCCC(=O)CCCC(C)(C)C)O1. The fraction of sp³-hybridized carbons (Fsp3) is 0.789. The van der Waals surface area contributed by atoms with E-state index < -0.39 is 6.10 Å². The molecule has 0 amide bonds. The maximum Gasteiger partial charge on any atom is 0.272 e. The summed E-state index contributed by atoms with van der Waals surface area (Å²) in [6.07, 6.45) is 3.49. The number of rotatable bonds is 8. The Bertz CT molecular complexity index is 443. The van der Waals surface area contributed by atoms with Gasteiger partial charge in [-0.15, -0.1) is 0 Å². The third-order valence-corrected chi connectivity index (χ3v) is 4.12. The van der Waals surface area contributed by atoms with Gasteiger partial charge >= 0.3 is 0 Å². The molecule has 0 N–H and O–H groups in total. The fourth-order valence-corrected chi connectivity index (χ4v) is 2.70. The Morgan fingerprint density at radius 3 is 2.39 bits per heavy atom. The first-order valence-corrected chi connectivity index (χ1v) is 8.54. The smallest absolute Gasteiger partial charge is 0.272 e. The Morgan fingerprint density at radius 2 is 1.78 bits per heavy atom. The van der Waals surface area contributed by atoms with E-state index in [1.54, 1.807) is 0 Å². The molecule has 1 saturated heterocycles. The number of hydrogen-bond donors (Lipinski definition) is 0. The minimum Gasteiger partial charge on any atom is -0.465 e. The molecule has 0 bridgehead atoms. The van der Waals surface area contributed by atoms with Crippen LogP contribution in [0.1, 0.15) is 73.1 Å². The number of carbonyl (C=O) groups excluding carboxylic acids is 2. The normalized spacial score (nSPS) is 20.6. The molecular weight excluding hydrogens is 292 g/mol. The zero-order valence-corrected chi connectivity index (χ0v) is 15.4. The van der Waals surface area contributed by atoms with Gasteiger partial charge in [-0.05, 0) is 31.3 Å². The van der Waals surface area contributed by atoms with Gasteiger partial charge in [-0.25, -0.2) is 0 Å². The molecular formula is C19H32O4. The second kappa shape index (κ2) is 7.98. The quantitative estimate of drug-likeness (QED) is 0.663. The zero-order chi connectivity index (χ0) is 17.7. The first kappa shape index (κ1) is 19.7. The lowest BCUT2D eigenvalue weighted by atomic mass is 9.83. The van der Waals surface area contributed by atoms with Gasteiger partial charge in [0.2, 0.25) is 0 Å². The van der Waals surface area contributed by atoms with Crippen molar-refractivity contribution in [1.29, 1.82) is 0 Å². The van der Waals surface area contributed by atoms with Crippen LogP contribution in [0.3, 0.4) is 0 Å². The summed E-state index contributed by atoms with van der Waals surface area (Å²) in [6, 6.07) is 0. The maximum absolute atomic E-state index is 12.4. The van der Waals surface area contributed by atoms with E-state index in [9.17, 15) is 9.59 Å². The van der Waals surface area contributed by atoms with E-state index in [2.05, 4.69) is 27.4 Å². The molecule has 1 atom stereocenters. The summed E-state index contributed by atoms with van der Waals surface area (Å²) in [5.74, 6) is 0.487. The second-order valence-corrected chi connectivity index (χ2v) is 8.42. The Labute approximate surface area is 140 Å². The molecule has 23 heavy (non-hydrogen) atoms. The molecule has 1 rings (SSSR count). The summed E-state index contributed by atoms with van der Waals surface area (Å²) in [6.45, 7) is 14.5. The van der Waals surface area contributed by atoms with E-state index in [1.165, 1.54) is 0 Å². The van der Waals surface area contributed by atoms with Crippen LogP contribution in [0.5, 0.6) is 0 Å². The molecule has 1 unspecified atom stereocenters. The molecule has 4 heteroatoms. The highest BCUT2D eigenvalue weighted by Crippen LogP contribution is 2.32. The lowest BCUT2D eigenvalue weighted by Gasteiger charge is -2.38. The van der Waals surface area contributed by atoms with Crippen LogP contribution in [-0.2, 0) is 19.1 Å². The van der Waals surface area contributed by atoms with Crippen molar-refractivity contribution in [3.63, 3.8) is 0 Å². The van der Waals surface area contributed by atoms with Gasteiger partial charge in [0, 0.05) is 24.7 Å². The van der Waals surface area contributed by atoms with E-state index >= 15 is 0 Å². The topological polar surface area (TPSA) is 52.6 Å². The zero-order valence-electron chi connectivity index (χ0n) is 15.4. The molecule has 0 aromatic carbocycles. The minimum atomic E-state index is -0.528. The number of carbonyl (C=O) groups is 2. The van der Waals surface area contributed by atoms with Crippen molar-refractivity contribution in [3.05, 3.63) is 12.5 Å². The van der Waals surface area contributed by atoms with Crippen molar-refractivity contribution in [2.24, 2.45) is 10.8 Å². The van der Waals surface area contributed by atoms with Crippen molar-refractivity contribution < 1.29 is 19.1 Å². The Hall–Kier alpha value is -1.32. The van der Waals surface area contributed by atoms with Crippen LogP contribution in [0.2, 0.25) is 0 Å². The molecule has 1 aliphatic rings. The summed E-state index contributed by atoms with van der Waals surface area (Å²) in [5, 5.41) is 0. The van der Waals surface area contributed by atoms with Crippen molar-refractivity contribution in [2.75, 3.05) is 6.61 Å². The lowest BCUT2D eigenvalue weighted by molar-refractivity contribution is -0.163. The molecule has 1 aliphatic heterocycles. The van der Waals surface area contributed by atoms with Crippen LogP contribution in [-0.4, -0.2) is 24.3 Å². The molecule has 1 fully saturated rings. The van der Waals surface area contributed by atoms with Gasteiger partial charge in [-0.1, -0.05) is 34.6 Å². The van der Waals surface area contributed by atoms with Gasteiger partial charge < -0.3 is 9.47 Å². The van der Waals surface area contributed by atoms with Crippen LogP contribution in [0.25, 0.3) is 0 Å². The van der Waals surface area contributed by atoms with E-state index in [0.29, 0.717) is 32.3 Å². The molecule has 0 aliphatic carbocycles. The Morgan fingerprint density at radius 1 is 1.17 bits per heavy atom. The Kier molecular flexibility index (Phi) is 6.84. The maximum atomic E-state index is 12.4. The van der Waals surface area contributed by atoms with Gasteiger partial charge in [0.25, 0.3) is 5.95 Å². The molecule has 0 aromatic rings. The summed E-state index contributed by atoms with van der Waals surface area (Å²) in [4.78, 5) is 24.2. The average Bonchev–Trinajstić information content (AvgIpc) is 2.40. The lowest BCUT2D eigenvalue weighted by Crippen LogP contribution is -2.45. The van der Waals surface area contributed by atoms with Crippen molar-refractivity contribution in [3.8, 4) is 0 Å². The number of ketones is 2. The second-order valence-electron chi connectivity index (χ2n) is 8.42. The van der Waals surface area contributed by atoms with Crippen LogP contribution in [0.15, 0.2) is 12.5 Å². The highest BCUT2D eigenvalue weighted by atomic mass is 16.7. The van der Waals surface area contributed by atoms with Crippen molar-refractivity contribution in [2.45, 2.75) is 79.2 Å². The molecule has 0 radical (unpaired) electrons. The van der Waals surface area contributed by atoms with Gasteiger partial charge in [0.05, 0.1) is 0 Å². The van der Waals surface area contributed by atoms with Crippen molar-refractivity contribution in [1.82, 2.24) is 0 Å². The average molecular weight is 324 g/mol. The fourth-order valence-electron chi connectivity index (χ4n) is 2.70. The highest BCUT2D eigenvalue weighted by Gasteiger charge is 2.41. The van der Waals surface area contributed by atoms with E-state index in [1.807, 2.05) is 13.8 Å². The van der Waals surface area contributed by atoms with E-state index in [4.69, 9.17) is 9.47 Å². The first-order valence-electron chi connectivity index (χ1n) is 8.54. The number of hydrogen-bond acceptors (Lipinski definition) is 4. The molecule has 0 spiro atoms. The summed E-state index contributed by atoms with van der Waals surface area (Å²) in [7, 11) is 0. The van der Waals surface area contributed by atoms with E-state index in [-0.39, 0.29) is 28.3 Å². The summed E-state index contributed by atoms with van der Waals surface area (Å²) >= 11 is 0. The third-order valence-electron chi connectivity index (χ3n) is 4.12. The number of Topliss-reactive ketones (excluding diaryl/α,β-unsaturated/α-hetero) is 2. The predicted octanol–water partition coefficient (Wildman–Crippen LogP) is 4.42. The standard InChI is InChI=1S/C19H32O4/c1-14-22-13-19(5,6)17(23-14)16(21)11-7-9-15(20)10-8-12-18(2,3)4/h17H,1,7-13H2,2-6H3. The first-order chi connectivity index (χ1) is 10.5. The van der Waals surface area contributed by atoms with Gasteiger partial charge in [0.1, 0.15) is 12.4 Å². The molecule has 132 valence electrons. The monoisotopic (exact) mass is 324 g/mol. The van der Waals surface area contributed by atoms with Crippen LogP contribution < -0.4 is 0 Å². The number of ether oxygens (including phenoxy) is 2. The van der Waals surface area contributed by atoms with Gasteiger partial charge in [-0.3, -0.25) is 9.59 Å². The van der Waals surface area contributed by atoms with E-state index in [0.717, 1.165) is 12.8 Å². The summed E-state index contributed by atoms with van der Waals surface area (Å²) < 4.78 is 10.7. The largest absolute Gasteiger partial charge is 0.465 e. The molecule has 0 aromatic heterocycles. The molecule has 4 nitrogen and oxygen atoms in total. The third kappa shape index (κ3) is 7.19. The molecule has 0 saturated carbocycles. The minimum absolute atomic E-state index is 0.0296.